The van der Waals surface area contributed by atoms with Gasteiger partial charge in [-0.05, 0) is 26.7 Å². The van der Waals surface area contributed by atoms with Crippen molar-refractivity contribution in [1.82, 2.24) is 0 Å². The van der Waals surface area contributed by atoms with Gasteiger partial charge in [0.15, 0.2) is 0 Å². The molecular formula is C11H18O2. The maximum Gasteiger partial charge on any atom is 0.139 e. The van der Waals surface area contributed by atoms with Gasteiger partial charge < -0.3 is 4.74 Å². The molecule has 2 aliphatic rings. The molecule has 2 heteroatoms. The van der Waals surface area contributed by atoms with Gasteiger partial charge in [-0.2, -0.15) is 0 Å². The molecule has 0 aromatic rings. The van der Waals surface area contributed by atoms with E-state index in [0.717, 1.165) is 25.9 Å². The Kier molecular flexibility index (Phi) is 1.82. The molecule has 0 aromatic carbocycles. The van der Waals surface area contributed by atoms with Crippen LogP contribution in [0, 0.1) is 11.3 Å². The SMILES string of the molecule is CC1(C)OC[C@]2(C)CCCC(=O)[C@H]12. The highest BCUT2D eigenvalue weighted by Gasteiger charge is 2.55. The van der Waals surface area contributed by atoms with Crippen molar-refractivity contribution >= 4 is 5.78 Å². The lowest BCUT2D eigenvalue weighted by atomic mass is 9.64. The minimum absolute atomic E-state index is 0.124. The Hall–Kier alpha value is -0.370. The first-order valence-electron chi connectivity index (χ1n) is 5.12. The van der Waals surface area contributed by atoms with Crippen molar-refractivity contribution in [2.75, 3.05) is 6.61 Å². The molecule has 0 bridgehead atoms. The third-order valence-electron chi connectivity index (χ3n) is 3.66. The molecule has 0 N–H and O–H groups in total. The molecule has 0 unspecified atom stereocenters. The lowest BCUT2D eigenvalue weighted by Crippen LogP contribution is -2.43. The van der Waals surface area contributed by atoms with Crippen LogP contribution in [0.5, 0.6) is 0 Å². The molecule has 1 aliphatic carbocycles. The molecular weight excluding hydrogens is 164 g/mol. The minimum atomic E-state index is -0.230. The Morgan fingerprint density at radius 1 is 1.38 bits per heavy atom. The van der Waals surface area contributed by atoms with Crippen molar-refractivity contribution in [3.8, 4) is 0 Å². The molecule has 74 valence electrons. The smallest absolute Gasteiger partial charge is 0.139 e. The summed E-state index contributed by atoms with van der Waals surface area (Å²) in [6.07, 6.45) is 2.95. The molecule has 0 amide bonds. The van der Waals surface area contributed by atoms with E-state index in [4.69, 9.17) is 4.74 Å². The predicted octanol–water partition coefficient (Wildman–Crippen LogP) is 2.17. The second kappa shape index (κ2) is 2.57. The maximum atomic E-state index is 11.8. The fourth-order valence-corrected chi connectivity index (χ4v) is 3.16. The summed E-state index contributed by atoms with van der Waals surface area (Å²) in [5.41, 5.74) is -0.106. The van der Waals surface area contributed by atoms with Gasteiger partial charge in [-0.25, -0.2) is 0 Å². The van der Waals surface area contributed by atoms with Crippen molar-refractivity contribution in [1.29, 1.82) is 0 Å². The number of carbonyl (C=O) groups is 1. The van der Waals surface area contributed by atoms with Gasteiger partial charge in [0.05, 0.1) is 18.1 Å². The highest BCUT2D eigenvalue weighted by molar-refractivity contribution is 5.84. The summed E-state index contributed by atoms with van der Waals surface area (Å²) in [5, 5.41) is 0. The third-order valence-corrected chi connectivity index (χ3v) is 3.66. The molecule has 2 rings (SSSR count). The van der Waals surface area contributed by atoms with Gasteiger partial charge in [0, 0.05) is 11.8 Å². The van der Waals surface area contributed by atoms with E-state index in [2.05, 4.69) is 6.92 Å². The summed E-state index contributed by atoms with van der Waals surface area (Å²) in [4.78, 5) is 11.8. The number of hydrogen-bond donors (Lipinski definition) is 0. The van der Waals surface area contributed by atoms with Crippen molar-refractivity contribution in [3.63, 3.8) is 0 Å². The van der Waals surface area contributed by atoms with Gasteiger partial charge in [0.1, 0.15) is 5.78 Å². The number of fused-ring (bicyclic) bond motifs is 1. The number of carbonyl (C=O) groups excluding carboxylic acids is 1. The molecule has 1 heterocycles. The van der Waals surface area contributed by atoms with Crippen LogP contribution in [-0.4, -0.2) is 18.0 Å². The fraction of sp³-hybridized carbons (Fsp3) is 0.909. The summed E-state index contributed by atoms with van der Waals surface area (Å²) in [6.45, 7) is 7.05. The van der Waals surface area contributed by atoms with E-state index in [9.17, 15) is 4.79 Å². The normalized spacial score (nSPS) is 43.3. The first-order chi connectivity index (χ1) is 5.96. The average molecular weight is 182 g/mol. The molecule has 13 heavy (non-hydrogen) atoms. The summed E-state index contributed by atoms with van der Waals surface area (Å²) >= 11 is 0. The molecule has 2 atom stereocenters. The molecule has 1 saturated carbocycles. The van der Waals surface area contributed by atoms with E-state index in [1.54, 1.807) is 0 Å². The van der Waals surface area contributed by atoms with Crippen LogP contribution < -0.4 is 0 Å². The zero-order valence-corrected chi connectivity index (χ0v) is 8.72. The highest BCUT2D eigenvalue weighted by Crippen LogP contribution is 2.51. The van der Waals surface area contributed by atoms with Crippen molar-refractivity contribution in [2.45, 2.75) is 45.6 Å². The van der Waals surface area contributed by atoms with E-state index in [-0.39, 0.29) is 16.9 Å². The molecule has 1 saturated heterocycles. The standard InChI is InChI=1S/C11H18O2/c1-10(2)9-8(12)5-4-6-11(9,3)7-13-10/h9H,4-7H2,1-3H3/t9-,11+/m1/s1. The van der Waals surface area contributed by atoms with Crippen LogP contribution in [0.4, 0.5) is 0 Å². The summed E-state index contributed by atoms with van der Waals surface area (Å²) in [5.74, 6) is 0.546. The minimum Gasteiger partial charge on any atom is -0.374 e. The van der Waals surface area contributed by atoms with Gasteiger partial charge in [-0.3, -0.25) is 4.79 Å². The quantitative estimate of drug-likeness (QED) is 0.574. The zero-order valence-electron chi connectivity index (χ0n) is 8.72. The van der Waals surface area contributed by atoms with Crippen molar-refractivity contribution in [3.05, 3.63) is 0 Å². The van der Waals surface area contributed by atoms with E-state index < -0.39 is 0 Å². The van der Waals surface area contributed by atoms with Crippen LogP contribution in [0.1, 0.15) is 40.0 Å². The number of ketones is 1. The summed E-state index contributed by atoms with van der Waals surface area (Å²) in [7, 11) is 0. The molecule has 2 nitrogen and oxygen atoms in total. The average Bonchev–Trinajstić information content (AvgIpc) is 2.24. The first-order valence-corrected chi connectivity index (χ1v) is 5.12. The molecule has 0 aromatic heterocycles. The second-order valence-electron chi connectivity index (χ2n) is 5.30. The van der Waals surface area contributed by atoms with E-state index in [1.165, 1.54) is 0 Å². The van der Waals surface area contributed by atoms with Gasteiger partial charge in [0.2, 0.25) is 0 Å². The van der Waals surface area contributed by atoms with Crippen LogP contribution in [0.3, 0.4) is 0 Å². The Labute approximate surface area is 79.7 Å². The number of ether oxygens (including phenoxy) is 1. The Bertz CT molecular complexity index is 244. The van der Waals surface area contributed by atoms with Gasteiger partial charge in [0.25, 0.3) is 0 Å². The van der Waals surface area contributed by atoms with E-state index in [0.29, 0.717) is 5.78 Å². The fourth-order valence-electron chi connectivity index (χ4n) is 3.16. The highest BCUT2D eigenvalue weighted by atomic mass is 16.5. The third kappa shape index (κ3) is 1.23. The Morgan fingerprint density at radius 2 is 2.08 bits per heavy atom. The topological polar surface area (TPSA) is 26.3 Å². The maximum absolute atomic E-state index is 11.8. The van der Waals surface area contributed by atoms with Gasteiger partial charge in [-0.1, -0.05) is 6.92 Å². The number of Topliss-reactive ketones (excluding diaryl/α,β-unsaturated/α-hetero) is 1. The van der Waals surface area contributed by atoms with Crippen LogP contribution in [0.15, 0.2) is 0 Å². The lowest BCUT2D eigenvalue weighted by Gasteiger charge is -2.37. The van der Waals surface area contributed by atoms with E-state index >= 15 is 0 Å². The first kappa shape index (κ1) is 9.20. The summed E-state index contributed by atoms with van der Waals surface area (Å²) in [6, 6.07) is 0. The molecule has 0 radical (unpaired) electrons. The molecule has 1 aliphatic heterocycles. The number of rotatable bonds is 0. The second-order valence-corrected chi connectivity index (χ2v) is 5.30. The van der Waals surface area contributed by atoms with Gasteiger partial charge in [-0.15, -0.1) is 0 Å². The van der Waals surface area contributed by atoms with Gasteiger partial charge >= 0.3 is 0 Å². The lowest BCUT2D eigenvalue weighted by molar-refractivity contribution is -0.132. The van der Waals surface area contributed by atoms with Crippen LogP contribution in [0.2, 0.25) is 0 Å². The predicted molar refractivity (Wildman–Crippen MR) is 50.5 cm³/mol. The zero-order chi connectivity index (χ0) is 9.69. The number of hydrogen-bond acceptors (Lipinski definition) is 2. The van der Waals surface area contributed by atoms with Crippen LogP contribution >= 0.6 is 0 Å². The van der Waals surface area contributed by atoms with Crippen LogP contribution in [-0.2, 0) is 9.53 Å². The Morgan fingerprint density at radius 3 is 2.69 bits per heavy atom. The molecule has 2 fully saturated rings. The Balaban J connectivity index is 2.34. The monoisotopic (exact) mass is 182 g/mol. The molecule has 0 spiro atoms. The van der Waals surface area contributed by atoms with Crippen molar-refractivity contribution in [2.24, 2.45) is 11.3 Å². The van der Waals surface area contributed by atoms with E-state index in [1.807, 2.05) is 13.8 Å². The van der Waals surface area contributed by atoms with Crippen LogP contribution in [0.25, 0.3) is 0 Å². The summed E-state index contributed by atoms with van der Waals surface area (Å²) < 4.78 is 5.74. The van der Waals surface area contributed by atoms with Crippen molar-refractivity contribution < 1.29 is 9.53 Å². The largest absolute Gasteiger partial charge is 0.374 e.